The summed E-state index contributed by atoms with van der Waals surface area (Å²) >= 11 is 0. The van der Waals surface area contributed by atoms with Crippen molar-refractivity contribution in [2.24, 2.45) is 0 Å². The highest BCUT2D eigenvalue weighted by atomic mass is 79.9. The Labute approximate surface area is 211 Å². The van der Waals surface area contributed by atoms with Crippen molar-refractivity contribution in [1.82, 2.24) is 0 Å². The van der Waals surface area contributed by atoms with Gasteiger partial charge < -0.3 is 17.0 Å². The maximum atomic E-state index is 2.41. The summed E-state index contributed by atoms with van der Waals surface area (Å²) in [5.41, 5.74) is 9.81. The number of halogens is 1. The first kappa shape index (κ1) is 25.4. The number of hydrogen-bond acceptors (Lipinski definition) is 0. The van der Waals surface area contributed by atoms with Crippen LogP contribution in [0.4, 0.5) is 0 Å². The summed E-state index contributed by atoms with van der Waals surface area (Å²) in [6.07, 6.45) is 1.03. The van der Waals surface area contributed by atoms with Crippen molar-refractivity contribution in [3.63, 3.8) is 0 Å². The Morgan fingerprint density at radius 2 is 0.818 bits per heavy atom. The van der Waals surface area contributed by atoms with Crippen LogP contribution in [0.25, 0.3) is 0 Å². The fourth-order valence-corrected chi connectivity index (χ4v) is 10.3. The highest BCUT2D eigenvalue weighted by Crippen LogP contribution is 2.60. The molecule has 0 saturated carbocycles. The molecule has 0 N–H and O–H groups in total. The van der Waals surface area contributed by atoms with Gasteiger partial charge in [-0.15, -0.1) is 0 Å². The van der Waals surface area contributed by atoms with E-state index in [9.17, 15) is 0 Å². The van der Waals surface area contributed by atoms with Crippen molar-refractivity contribution in [3.8, 4) is 0 Å². The van der Waals surface area contributed by atoms with Crippen LogP contribution in [0.2, 0.25) is 0 Å². The molecule has 2 heteroatoms. The molecule has 0 aromatic heterocycles. The molecule has 0 aliphatic rings. The molecule has 0 bridgehead atoms. The van der Waals surface area contributed by atoms with E-state index >= 15 is 0 Å². The maximum absolute atomic E-state index is 2.41. The zero-order valence-electron chi connectivity index (χ0n) is 20.6. The van der Waals surface area contributed by atoms with Crippen LogP contribution in [0.1, 0.15) is 38.9 Å². The van der Waals surface area contributed by atoms with E-state index in [1.54, 1.807) is 0 Å². The third-order valence-electron chi connectivity index (χ3n) is 7.22. The second kappa shape index (κ2) is 10.4. The van der Waals surface area contributed by atoms with Gasteiger partial charge in [-0.25, -0.2) is 0 Å². The molecule has 0 saturated heterocycles. The van der Waals surface area contributed by atoms with Gasteiger partial charge in [-0.2, -0.15) is 0 Å². The zero-order chi connectivity index (χ0) is 22.9. The molecular weight excluding hydrogens is 483 g/mol. The molecule has 0 nitrogen and oxygen atoms in total. The van der Waals surface area contributed by atoms with Crippen LogP contribution in [-0.2, 0) is 6.16 Å². The minimum atomic E-state index is -1.97. The van der Waals surface area contributed by atoms with Gasteiger partial charge >= 0.3 is 0 Å². The van der Waals surface area contributed by atoms with Crippen LogP contribution in [0.15, 0.2) is 84.9 Å². The zero-order valence-corrected chi connectivity index (χ0v) is 23.1. The van der Waals surface area contributed by atoms with Gasteiger partial charge in [0, 0.05) is 0 Å². The Kier molecular flexibility index (Phi) is 7.99. The third kappa shape index (κ3) is 4.59. The molecule has 170 valence electrons. The number of hydrogen-bond donors (Lipinski definition) is 0. The molecule has 4 aromatic rings. The molecule has 4 aromatic carbocycles. The summed E-state index contributed by atoms with van der Waals surface area (Å²) in [7, 11) is -1.97. The Morgan fingerprint density at radius 1 is 0.455 bits per heavy atom. The first-order chi connectivity index (χ1) is 15.4. The van der Waals surface area contributed by atoms with Crippen molar-refractivity contribution < 1.29 is 17.0 Å². The van der Waals surface area contributed by atoms with Gasteiger partial charge in [0.25, 0.3) is 0 Å². The van der Waals surface area contributed by atoms with Crippen molar-refractivity contribution in [3.05, 3.63) is 124 Å². The maximum Gasteiger partial charge on any atom is 0.117 e. The average Bonchev–Trinajstić information content (AvgIpc) is 2.79. The second-order valence-corrected chi connectivity index (χ2v) is 12.5. The summed E-state index contributed by atoms with van der Waals surface area (Å²) in [6.45, 7) is 13.7. The molecule has 4 rings (SSSR count). The van der Waals surface area contributed by atoms with Crippen LogP contribution < -0.4 is 32.9 Å². The summed E-state index contributed by atoms with van der Waals surface area (Å²) in [5.74, 6) is 0. The lowest BCUT2D eigenvalue weighted by atomic mass is 10.1. The minimum Gasteiger partial charge on any atom is -1.00 e. The highest BCUT2D eigenvalue weighted by Gasteiger charge is 2.49. The SMILES string of the molecule is Cc1cccc([P+](Cc2ccccc2)(c2cccc(C)c2C)c2cccc(C)c2C)c1C.[Br-]. The standard InChI is InChI=1S/C31H34P.BrH/c1-22-13-10-18-29(25(22)4)32(21-28-16-8-7-9-17-28,30-19-11-14-23(2)26(30)5)31-20-12-15-24(3)27(31)6;/h7-20H,21H2,1-6H3;1H/q+1;/p-1. The molecule has 0 amide bonds. The molecule has 0 unspecified atom stereocenters. The normalized spacial score (nSPS) is 11.2. The third-order valence-corrected chi connectivity index (χ3v) is 12.0. The van der Waals surface area contributed by atoms with E-state index in [-0.39, 0.29) is 17.0 Å². The van der Waals surface area contributed by atoms with E-state index in [0.717, 1.165) is 6.16 Å². The van der Waals surface area contributed by atoms with E-state index in [4.69, 9.17) is 0 Å². The monoisotopic (exact) mass is 516 g/mol. The first-order valence-corrected chi connectivity index (χ1v) is 13.5. The Bertz CT molecular complexity index is 1130. The molecule has 0 fully saturated rings. The molecule has 0 aliphatic heterocycles. The van der Waals surface area contributed by atoms with Crippen molar-refractivity contribution in [2.75, 3.05) is 0 Å². The summed E-state index contributed by atoms with van der Waals surface area (Å²) in [4.78, 5) is 0. The average molecular weight is 517 g/mol. The summed E-state index contributed by atoms with van der Waals surface area (Å²) in [5, 5.41) is 4.55. The smallest absolute Gasteiger partial charge is 0.117 e. The quantitative estimate of drug-likeness (QED) is 0.351. The topological polar surface area (TPSA) is 0 Å². The van der Waals surface area contributed by atoms with E-state index in [0.29, 0.717) is 0 Å². The Morgan fingerprint density at radius 3 is 1.18 bits per heavy atom. The number of aryl methyl sites for hydroxylation is 3. The molecule has 0 radical (unpaired) electrons. The fraction of sp³-hybridized carbons (Fsp3) is 0.226. The lowest BCUT2D eigenvalue weighted by Gasteiger charge is -2.32. The van der Waals surface area contributed by atoms with Gasteiger partial charge in [-0.05, 0) is 98.7 Å². The molecule has 33 heavy (non-hydrogen) atoms. The Balaban J connectivity index is 0.00000306. The van der Waals surface area contributed by atoms with Gasteiger partial charge in [-0.3, -0.25) is 0 Å². The van der Waals surface area contributed by atoms with Gasteiger partial charge in [0.05, 0.1) is 6.16 Å². The van der Waals surface area contributed by atoms with Gasteiger partial charge in [-0.1, -0.05) is 66.7 Å². The molecular formula is C31H34BrP. The van der Waals surface area contributed by atoms with Crippen molar-refractivity contribution in [1.29, 1.82) is 0 Å². The van der Waals surface area contributed by atoms with Crippen molar-refractivity contribution >= 4 is 23.2 Å². The van der Waals surface area contributed by atoms with Crippen LogP contribution in [0, 0.1) is 41.5 Å². The lowest BCUT2D eigenvalue weighted by Crippen LogP contribution is -3.00. The lowest BCUT2D eigenvalue weighted by molar-refractivity contribution is -0.00000671. The molecule has 0 heterocycles. The van der Waals surface area contributed by atoms with Crippen LogP contribution >= 0.6 is 7.26 Å². The van der Waals surface area contributed by atoms with Gasteiger partial charge in [0.15, 0.2) is 0 Å². The van der Waals surface area contributed by atoms with E-state index in [1.165, 1.54) is 54.9 Å². The summed E-state index contributed by atoms with van der Waals surface area (Å²) in [6, 6.07) is 31.8. The van der Waals surface area contributed by atoms with Gasteiger partial charge in [0.2, 0.25) is 0 Å². The van der Waals surface area contributed by atoms with Crippen LogP contribution in [0.3, 0.4) is 0 Å². The fourth-order valence-electron chi connectivity index (χ4n) is 4.95. The predicted octanol–water partition coefficient (Wildman–Crippen LogP) is 4.04. The van der Waals surface area contributed by atoms with E-state index in [2.05, 4.69) is 126 Å². The summed E-state index contributed by atoms with van der Waals surface area (Å²) < 4.78 is 0. The molecule has 0 aliphatic carbocycles. The van der Waals surface area contributed by atoms with Crippen LogP contribution in [0.5, 0.6) is 0 Å². The predicted molar refractivity (Wildman–Crippen MR) is 144 cm³/mol. The number of rotatable bonds is 5. The highest BCUT2D eigenvalue weighted by molar-refractivity contribution is 7.95. The molecule has 0 spiro atoms. The van der Waals surface area contributed by atoms with Crippen molar-refractivity contribution in [2.45, 2.75) is 47.7 Å². The number of benzene rings is 4. The largest absolute Gasteiger partial charge is 1.00 e. The Hall–Kier alpha value is -2.21. The minimum absolute atomic E-state index is 0. The van der Waals surface area contributed by atoms with E-state index in [1.807, 2.05) is 0 Å². The van der Waals surface area contributed by atoms with E-state index < -0.39 is 7.26 Å². The molecule has 0 atom stereocenters. The second-order valence-electron chi connectivity index (χ2n) is 9.11. The van der Waals surface area contributed by atoms with Crippen LogP contribution in [-0.4, -0.2) is 0 Å². The first-order valence-electron chi connectivity index (χ1n) is 11.5. The van der Waals surface area contributed by atoms with Gasteiger partial charge in [0.1, 0.15) is 23.2 Å².